The fourth-order valence-electron chi connectivity index (χ4n) is 2.21. The summed E-state index contributed by atoms with van der Waals surface area (Å²) in [5, 5.41) is 18.6. The van der Waals surface area contributed by atoms with Crippen LogP contribution in [0.2, 0.25) is 0 Å². The van der Waals surface area contributed by atoms with E-state index in [1.807, 2.05) is 20.9 Å². The number of carboxylic acid groups (broad SMARTS) is 1. The molecule has 0 aliphatic heterocycles. The van der Waals surface area contributed by atoms with Crippen LogP contribution in [0.4, 0.5) is 4.79 Å². The quantitative estimate of drug-likeness (QED) is 0.786. The number of hydrogen-bond acceptors (Lipinski definition) is 3. The van der Waals surface area contributed by atoms with Crippen LogP contribution in [0.5, 0.6) is 0 Å². The lowest BCUT2D eigenvalue weighted by Crippen LogP contribution is -2.36. The van der Waals surface area contributed by atoms with Crippen molar-refractivity contribution < 1.29 is 14.7 Å². The van der Waals surface area contributed by atoms with Crippen molar-refractivity contribution in [1.82, 2.24) is 20.4 Å². The molecule has 0 aliphatic carbocycles. The van der Waals surface area contributed by atoms with Crippen molar-refractivity contribution in [2.75, 3.05) is 0 Å². The van der Waals surface area contributed by atoms with E-state index in [0.29, 0.717) is 6.54 Å². The lowest BCUT2D eigenvalue weighted by Gasteiger charge is -2.14. The summed E-state index contributed by atoms with van der Waals surface area (Å²) >= 11 is 0. The summed E-state index contributed by atoms with van der Waals surface area (Å²) in [6.07, 6.45) is 1.74. The number of carbonyl (C=O) groups excluding carboxylic acids is 1. The number of carboxylic acids is 1. The summed E-state index contributed by atoms with van der Waals surface area (Å²) in [4.78, 5) is 22.7. The third kappa shape index (κ3) is 4.09. The third-order valence-electron chi connectivity index (χ3n) is 3.74. The molecule has 0 aliphatic rings. The van der Waals surface area contributed by atoms with Crippen molar-refractivity contribution in [3.05, 3.63) is 52.8 Å². The molecule has 7 heteroatoms. The topological polar surface area (TPSA) is 96.2 Å². The molecule has 0 saturated heterocycles. The molecule has 0 saturated carbocycles. The molecule has 0 bridgehead atoms. The predicted octanol–water partition coefficient (Wildman–Crippen LogP) is 1.99. The monoisotopic (exact) mass is 316 g/mol. The first-order valence-corrected chi connectivity index (χ1v) is 7.23. The molecule has 0 radical (unpaired) electrons. The molecule has 1 unspecified atom stereocenters. The van der Waals surface area contributed by atoms with Crippen LogP contribution in [0, 0.1) is 6.92 Å². The van der Waals surface area contributed by atoms with Crippen LogP contribution in [0.1, 0.15) is 40.1 Å². The second-order valence-electron chi connectivity index (χ2n) is 5.36. The summed E-state index contributed by atoms with van der Waals surface area (Å²) in [6.45, 7) is 4.16. The SMILES string of the molecule is Cc1c(C(C)NC(=O)NCc2ccc(C(=O)O)cc2)cnn1C. The van der Waals surface area contributed by atoms with Crippen molar-refractivity contribution in [3.8, 4) is 0 Å². The van der Waals surface area contributed by atoms with Gasteiger partial charge in [0, 0.05) is 24.8 Å². The average molecular weight is 316 g/mol. The van der Waals surface area contributed by atoms with Crippen LogP contribution in [0.3, 0.4) is 0 Å². The number of hydrogen-bond donors (Lipinski definition) is 3. The molecule has 2 aromatic rings. The van der Waals surface area contributed by atoms with Crippen LogP contribution in [0.25, 0.3) is 0 Å². The first-order chi connectivity index (χ1) is 10.9. The number of amides is 2. The van der Waals surface area contributed by atoms with E-state index in [4.69, 9.17) is 5.11 Å². The van der Waals surface area contributed by atoms with Gasteiger partial charge in [-0.1, -0.05) is 12.1 Å². The molecule has 1 aromatic carbocycles. The highest BCUT2D eigenvalue weighted by molar-refractivity contribution is 5.87. The van der Waals surface area contributed by atoms with Crippen molar-refractivity contribution in [2.24, 2.45) is 7.05 Å². The van der Waals surface area contributed by atoms with Crippen LogP contribution in [-0.4, -0.2) is 26.9 Å². The van der Waals surface area contributed by atoms with Crippen LogP contribution in [-0.2, 0) is 13.6 Å². The lowest BCUT2D eigenvalue weighted by atomic mass is 10.1. The fraction of sp³-hybridized carbons (Fsp3) is 0.312. The predicted molar refractivity (Wildman–Crippen MR) is 85.1 cm³/mol. The number of rotatable bonds is 5. The summed E-state index contributed by atoms with van der Waals surface area (Å²) in [5.41, 5.74) is 3.02. The molecule has 0 spiro atoms. The lowest BCUT2D eigenvalue weighted by molar-refractivity contribution is 0.0697. The molecule has 2 amide bonds. The highest BCUT2D eigenvalue weighted by Crippen LogP contribution is 2.15. The number of aromatic nitrogens is 2. The van der Waals surface area contributed by atoms with Crippen molar-refractivity contribution in [2.45, 2.75) is 26.4 Å². The number of carbonyl (C=O) groups is 2. The molecule has 1 atom stereocenters. The average Bonchev–Trinajstić information content (AvgIpc) is 2.85. The van der Waals surface area contributed by atoms with Gasteiger partial charge in [-0.25, -0.2) is 9.59 Å². The largest absolute Gasteiger partial charge is 0.478 e. The molecule has 2 rings (SSSR count). The maximum atomic E-state index is 11.9. The zero-order valence-electron chi connectivity index (χ0n) is 13.3. The van der Waals surface area contributed by atoms with E-state index in [1.54, 1.807) is 23.0 Å². The number of nitrogens with one attached hydrogen (secondary N) is 2. The van der Waals surface area contributed by atoms with Gasteiger partial charge in [0.05, 0.1) is 17.8 Å². The normalized spacial score (nSPS) is 11.8. The first-order valence-electron chi connectivity index (χ1n) is 7.23. The zero-order valence-corrected chi connectivity index (χ0v) is 13.3. The van der Waals surface area contributed by atoms with Gasteiger partial charge in [-0.05, 0) is 31.5 Å². The molecule has 3 N–H and O–H groups in total. The third-order valence-corrected chi connectivity index (χ3v) is 3.74. The summed E-state index contributed by atoms with van der Waals surface area (Å²) in [7, 11) is 1.85. The van der Waals surface area contributed by atoms with E-state index < -0.39 is 5.97 Å². The minimum Gasteiger partial charge on any atom is -0.478 e. The minimum atomic E-state index is -0.970. The number of urea groups is 1. The molecular weight excluding hydrogens is 296 g/mol. The second kappa shape index (κ2) is 6.95. The maximum absolute atomic E-state index is 11.9. The molecule has 1 aromatic heterocycles. The Bertz CT molecular complexity index is 707. The number of benzene rings is 1. The van der Waals surface area contributed by atoms with Crippen LogP contribution < -0.4 is 10.6 Å². The zero-order chi connectivity index (χ0) is 17.0. The molecule has 0 fully saturated rings. The first kappa shape index (κ1) is 16.5. The van der Waals surface area contributed by atoms with E-state index >= 15 is 0 Å². The van der Waals surface area contributed by atoms with Gasteiger partial charge in [0.15, 0.2) is 0 Å². The van der Waals surface area contributed by atoms with Crippen molar-refractivity contribution >= 4 is 12.0 Å². The van der Waals surface area contributed by atoms with Gasteiger partial charge >= 0.3 is 12.0 Å². The van der Waals surface area contributed by atoms with E-state index in [0.717, 1.165) is 16.8 Å². The number of aryl methyl sites for hydroxylation is 1. The Balaban J connectivity index is 1.87. The van der Waals surface area contributed by atoms with Gasteiger partial charge in [-0.3, -0.25) is 4.68 Å². The maximum Gasteiger partial charge on any atom is 0.335 e. The van der Waals surface area contributed by atoms with E-state index in [-0.39, 0.29) is 17.6 Å². The number of nitrogens with zero attached hydrogens (tertiary/aromatic N) is 2. The molecule has 122 valence electrons. The smallest absolute Gasteiger partial charge is 0.335 e. The van der Waals surface area contributed by atoms with Crippen LogP contribution in [0.15, 0.2) is 30.5 Å². The minimum absolute atomic E-state index is 0.155. The second-order valence-corrected chi connectivity index (χ2v) is 5.36. The van der Waals surface area contributed by atoms with Crippen LogP contribution >= 0.6 is 0 Å². The van der Waals surface area contributed by atoms with Crippen molar-refractivity contribution in [1.29, 1.82) is 0 Å². The highest BCUT2D eigenvalue weighted by atomic mass is 16.4. The molecule has 23 heavy (non-hydrogen) atoms. The van der Waals surface area contributed by atoms with Gasteiger partial charge in [-0.2, -0.15) is 5.10 Å². The van der Waals surface area contributed by atoms with E-state index in [9.17, 15) is 9.59 Å². The van der Waals surface area contributed by atoms with Gasteiger partial charge < -0.3 is 15.7 Å². The molecule has 7 nitrogen and oxygen atoms in total. The Kier molecular flexibility index (Phi) is 5.00. The Labute approximate surface area is 134 Å². The van der Waals surface area contributed by atoms with Gasteiger partial charge in [-0.15, -0.1) is 0 Å². The standard InChI is InChI=1S/C16H20N4O3/c1-10(14-9-18-20(3)11(14)2)19-16(23)17-8-12-4-6-13(7-5-12)15(21)22/h4-7,9-10H,8H2,1-3H3,(H,21,22)(H2,17,19,23). The highest BCUT2D eigenvalue weighted by Gasteiger charge is 2.14. The van der Waals surface area contributed by atoms with Crippen molar-refractivity contribution in [3.63, 3.8) is 0 Å². The van der Waals surface area contributed by atoms with Gasteiger partial charge in [0.1, 0.15) is 0 Å². The summed E-state index contributed by atoms with van der Waals surface area (Å²) < 4.78 is 1.76. The summed E-state index contributed by atoms with van der Waals surface area (Å²) in [5.74, 6) is -0.970. The van der Waals surface area contributed by atoms with E-state index in [2.05, 4.69) is 15.7 Å². The van der Waals surface area contributed by atoms with E-state index in [1.165, 1.54) is 12.1 Å². The molecular formula is C16H20N4O3. The molecule has 1 heterocycles. The fourth-order valence-corrected chi connectivity index (χ4v) is 2.21. The number of aromatic carboxylic acids is 1. The van der Waals surface area contributed by atoms with Gasteiger partial charge in [0.2, 0.25) is 0 Å². The Morgan fingerprint density at radius 3 is 2.48 bits per heavy atom. The summed E-state index contributed by atoms with van der Waals surface area (Å²) in [6, 6.07) is 5.94. The van der Waals surface area contributed by atoms with Gasteiger partial charge in [0.25, 0.3) is 0 Å². The Morgan fingerprint density at radius 2 is 1.96 bits per heavy atom. The Morgan fingerprint density at radius 1 is 1.30 bits per heavy atom. The Hall–Kier alpha value is -2.83.